The summed E-state index contributed by atoms with van der Waals surface area (Å²) in [5, 5.41) is 7.08. The molecule has 164 valence electrons. The fourth-order valence-electron chi connectivity index (χ4n) is 3.36. The van der Waals surface area contributed by atoms with Crippen LogP contribution in [0.4, 0.5) is 10.1 Å². The highest BCUT2D eigenvalue weighted by Crippen LogP contribution is 2.20. The van der Waals surface area contributed by atoms with Gasteiger partial charge in [0.05, 0.1) is 6.61 Å². The Labute approximate surface area is 183 Å². The molecule has 1 N–H and O–H groups in total. The second kappa shape index (κ2) is 8.72. The fraction of sp³-hybridized carbons (Fsp3) is 0.217. The molecule has 0 aliphatic carbocycles. The Kier molecular flexibility index (Phi) is 5.83. The van der Waals surface area contributed by atoms with Gasteiger partial charge in [0.2, 0.25) is 11.7 Å². The highest BCUT2D eigenvalue weighted by molar-refractivity contribution is 5.90. The maximum atomic E-state index is 14.3. The van der Waals surface area contributed by atoms with Crippen LogP contribution < -0.4 is 10.9 Å². The molecule has 9 heteroatoms. The van der Waals surface area contributed by atoms with E-state index in [1.807, 2.05) is 31.2 Å². The molecule has 0 atom stereocenters. The van der Waals surface area contributed by atoms with Crippen molar-refractivity contribution in [3.05, 3.63) is 81.5 Å². The molecule has 0 aliphatic heterocycles. The number of methoxy groups -OCH3 is 1. The van der Waals surface area contributed by atoms with Gasteiger partial charge in [-0.2, -0.15) is 9.50 Å². The fourth-order valence-corrected chi connectivity index (χ4v) is 3.36. The number of carbonyl (C=O) groups is 1. The first kappa shape index (κ1) is 21.4. The summed E-state index contributed by atoms with van der Waals surface area (Å²) in [5.74, 6) is -0.345. The van der Waals surface area contributed by atoms with Gasteiger partial charge in [0.1, 0.15) is 12.4 Å². The van der Waals surface area contributed by atoms with E-state index in [2.05, 4.69) is 15.4 Å². The molecule has 0 fully saturated rings. The summed E-state index contributed by atoms with van der Waals surface area (Å²) < 4.78 is 22.0. The summed E-state index contributed by atoms with van der Waals surface area (Å²) in [6, 6.07) is 13.4. The molecule has 4 aromatic rings. The van der Waals surface area contributed by atoms with Crippen LogP contribution in [0.15, 0.2) is 53.3 Å². The molecule has 0 spiro atoms. The number of anilines is 1. The number of halogens is 1. The molecule has 32 heavy (non-hydrogen) atoms. The number of benzene rings is 2. The predicted octanol–water partition coefficient (Wildman–Crippen LogP) is 3.10. The van der Waals surface area contributed by atoms with Gasteiger partial charge < -0.3 is 14.6 Å². The van der Waals surface area contributed by atoms with Crippen molar-refractivity contribution in [3.63, 3.8) is 0 Å². The topological polar surface area (TPSA) is 90.5 Å². The third-order valence-electron chi connectivity index (χ3n) is 5.05. The predicted molar refractivity (Wildman–Crippen MR) is 118 cm³/mol. The summed E-state index contributed by atoms with van der Waals surface area (Å²) in [5.41, 5.74) is 2.75. The van der Waals surface area contributed by atoms with Crippen LogP contribution in [0.25, 0.3) is 17.2 Å². The van der Waals surface area contributed by atoms with Crippen molar-refractivity contribution in [1.82, 2.24) is 19.2 Å². The number of aryl methyl sites for hydroxylation is 2. The largest absolute Gasteiger partial charge is 0.380 e. The van der Waals surface area contributed by atoms with Gasteiger partial charge in [0.15, 0.2) is 5.82 Å². The van der Waals surface area contributed by atoms with Crippen molar-refractivity contribution < 1.29 is 13.9 Å². The highest BCUT2D eigenvalue weighted by Gasteiger charge is 2.16. The number of amides is 1. The van der Waals surface area contributed by atoms with E-state index < -0.39 is 5.82 Å². The van der Waals surface area contributed by atoms with Crippen molar-refractivity contribution in [3.8, 4) is 11.4 Å². The number of hydrogen-bond donors (Lipinski definition) is 1. The number of nitrogens with zero attached hydrogens (tertiary/aromatic N) is 4. The molecule has 0 unspecified atom stereocenters. The number of ether oxygens (including phenoxy) is 1. The van der Waals surface area contributed by atoms with Gasteiger partial charge in [-0.1, -0.05) is 29.8 Å². The Morgan fingerprint density at radius 1 is 1.12 bits per heavy atom. The van der Waals surface area contributed by atoms with Gasteiger partial charge in [-0.05, 0) is 32.0 Å². The number of fused-ring (bicyclic) bond motifs is 1. The third kappa shape index (κ3) is 4.28. The standard InChI is InChI=1S/C23H22FN5O3/c1-14-4-8-18(9-5-14)25-20(30)12-28-15(2)10-21(31)29-23(28)26-22(27-29)16-6-7-17(13-32-3)19(24)11-16/h4-11H,12-13H2,1-3H3,(H,25,30). The molecule has 4 rings (SSSR count). The van der Waals surface area contributed by atoms with E-state index >= 15 is 0 Å². The van der Waals surface area contributed by atoms with Gasteiger partial charge >= 0.3 is 0 Å². The molecular formula is C23H22FN5O3. The number of aromatic nitrogens is 4. The second-order valence-corrected chi connectivity index (χ2v) is 7.51. The summed E-state index contributed by atoms with van der Waals surface area (Å²) in [7, 11) is 1.49. The summed E-state index contributed by atoms with van der Waals surface area (Å²) in [4.78, 5) is 29.5. The van der Waals surface area contributed by atoms with Gasteiger partial charge in [0.25, 0.3) is 5.56 Å². The Morgan fingerprint density at radius 3 is 2.56 bits per heavy atom. The lowest BCUT2D eigenvalue weighted by atomic mass is 10.1. The van der Waals surface area contributed by atoms with Crippen molar-refractivity contribution in [1.29, 1.82) is 0 Å². The summed E-state index contributed by atoms with van der Waals surface area (Å²) >= 11 is 0. The average Bonchev–Trinajstić information content (AvgIpc) is 3.20. The zero-order valence-electron chi connectivity index (χ0n) is 17.9. The Bertz CT molecular complexity index is 1360. The van der Waals surface area contributed by atoms with Crippen LogP contribution in [0, 0.1) is 19.7 Å². The number of nitrogens with one attached hydrogen (secondary N) is 1. The summed E-state index contributed by atoms with van der Waals surface area (Å²) in [6.45, 7) is 3.76. The van der Waals surface area contributed by atoms with E-state index in [1.165, 1.54) is 19.2 Å². The van der Waals surface area contributed by atoms with Crippen LogP contribution in [-0.4, -0.2) is 32.2 Å². The monoisotopic (exact) mass is 435 g/mol. The van der Waals surface area contributed by atoms with Crippen LogP contribution in [0.3, 0.4) is 0 Å². The number of hydrogen-bond acceptors (Lipinski definition) is 5. The van der Waals surface area contributed by atoms with Crippen LogP contribution in [0.5, 0.6) is 0 Å². The molecule has 2 aromatic carbocycles. The molecule has 0 radical (unpaired) electrons. The average molecular weight is 435 g/mol. The van der Waals surface area contributed by atoms with E-state index in [4.69, 9.17) is 4.74 Å². The Hall–Kier alpha value is -3.85. The molecule has 0 saturated heterocycles. The van der Waals surface area contributed by atoms with E-state index in [9.17, 15) is 14.0 Å². The van der Waals surface area contributed by atoms with Crippen molar-refractivity contribution >= 4 is 17.4 Å². The van der Waals surface area contributed by atoms with Crippen LogP contribution in [-0.2, 0) is 22.7 Å². The quantitative estimate of drug-likeness (QED) is 0.503. The minimum atomic E-state index is -0.452. The molecule has 2 heterocycles. The van der Waals surface area contributed by atoms with Crippen molar-refractivity contribution in [2.75, 3.05) is 12.4 Å². The second-order valence-electron chi connectivity index (χ2n) is 7.51. The maximum absolute atomic E-state index is 14.3. The first-order chi connectivity index (χ1) is 15.4. The number of carbonyl (C=O) groups excluding carboxylic acids is 1. The zero-order valence-corrected chi connectivity index (χ0v) is 17.9. The Balaban J connectivity index is 1.68. The lowest BCUT2D eigenvalue weighted by Crippen LogP contribution is -2.25. The summed E-state index contributed by atoms with van der Waals surface area (Å²) in [6.07, 6.45) is 0. The van der Waals surface area contributed by atoms with Gasteiger partial charge in [-0.25, -0.2) is 4.39 Å². The number of rotatable bonds is 6. The lowest BCUT2D eigenvalue weighted by molar-refractivity contribution is -0.116. The van der Waals surface area contributed by atoms with E-state index in [1.54, 1.807) is 23.6 Å². The van der Waals surface area contributed by atoms with E-state index in [-0.39, 0.29) is 36.2 Å². The smallest absolute Gasteiger partial charge is 0.275 e. The lowest BCUT2D eigenvalue weighted by Gasteiger charge is -2.11. The molecule has 1 amide bonds. The van der Waals surface area contributed by atoms with E-state index in [0.29, 0.717) is 22.5 Å². The van der Waals surface area contributed by atoms with Crippen LogP contribution in [0.1, 0.15) is 16.8 Å². The molecule has 0 bridgehead atoms. The zero-order chi connectivity index (χ0) is 22.8. The SMILES string of the molecule is COCc1ccc(-c2nc3n(CC(=O)Nc4ccc(C)cc4)c(C)cc(=O)n3n2)cc1F. The van der Waals surface area contributed by atoms with Crippen LogP contribution in [0.2, 0.25) is 0 Å². The minimum absolute atomic E-state index is 0.0667. The van der Waals surface area contributed by atoms with Gasteiger partial charge in [0, 0.05) is 35.7 Å². The van der Waals surface area contributed by atoms with Crippen molar-refractivity contribution in [2.45, 2.75) is 27.0 Å². The molecule has 2 aromatic heterocycles. The first-order valence-corrected chi connectivity index (χ1v) is 9.97. The van der Waals surface area contributed by atoms with E-state index in [0.717, 1.165) is 10.1 Å². The normalized spacial score (nSPS) is 11.1. The van der Waals surface area contributed by atoms with Crippen molar-refractivity contribution in [2.24, 2.45) is 0 Å². The first-order valence-electron chi connectivity index (χ1n) is 9.97. The van der Waals surface area contributed by atoms with Gasteiger partial charge in [-0.15, -0.1) is 5.10 Å². The highest BCUT2D eigenvalue weighted by atomic mass is 19.1. The van der Waals surface area contributed by atoms with Crippen LogP contribution >= 0.6 is 0 Å². The van der Waals surface area contributed by atoms with Gasteiger partial charge in [-0.3, -0.25) is 9.59 Å². The molecule has 8 nitrogen and oxygen atoms in total. The molecule has 0 aliphatic rings. The Morgan fingerprint density at radius 2 is 1.88 bits per heavy atom. The maximum Gasteiger partial charge on any atom is 0.275 e. The minimum Gasteiger partial charge on any atom is -0.380 e. The molecular weight excluding hydrogens is 413 g/mol. The molecule has 0 saturated carbocycles. The third-order valence-corrected chi connectivity index (χ3v) is 5.05.